The molecule has 2 rings (SSSR count). The second kappa shape index (κ2) is 4.00. The van der Waals surface area contributed by atoms with Crippen LogP contribution < -0.4 is 5.73 Å². The van der Waals surface area contributed by atoms with E-state index in [1.165, 1.54) is 0 Å². The van der Waals surface area contributed by atoms with Gasteiger partial charge in [-0.25, -0.2) is 0 Å². The van der Waals surface area contributed by atoms with Gasteiger partial charge in [0.15, 0.2) is 0 Å². The Bertz CT molecular complexity index is 362. The van der Waals surface area contributed by atoms with Gasteiger partial charge in [0.25, 0.3) is 0 Å². The summed E-state index contributed by atoms with van der Waals surface area (Å²) in [7, 11) is 0. The first-order chi connectivity index (χ1) is 7.12. The summed E-state index contributed by atoms with van der Waals surface area (Å²) < 4.78 is 5.22. The molecule has 0 amide bonds. The molecule has 82 valence electrons. The number of nitrogens with two attached hydrogens (primary N) is 1. The van der Waals surface area contributed by atoms with Gasteiger partial charge in [-0.1, -0.05) is 17.7 Å². The molecule has 3 N–H and O–H groups in total. The highest BCUT2D eigenvalue weighted by Crippen LogP contribution is 2.36. The molecule has 0 bridgehead atoms. The van der Waals surface area contributed by atoms with E-state index in [4.69, 9.17) is 22.1 Å². The number of halogens is 1. The summed E-state index contributed by atoms with van der Waals surface area (Å²) in [5, 5.41) is 11.0. The van der Waals surface area contributed by atoms with E-state index in [1.54, 1.807) is 18.2 Å². The Morgan fingerprint density at radius 3 is 2.60 bits per heavy atom. The molecule has 1 aromatic rings. The minimum absolute atomic E-state index is 0.548. The molecule has 1 heterocycles. The van der Waals surface area contributed by atoms with Crippen LogP contribution in [0.5, 0.6) is 0 Å². The zero-order chi connectivity index (χ0) is 10.9. The van der Waals surface area contributed by atoms with E-state index in [0.717, 1.165) is 5.56 Å². The summed E-state index contributed by atoms with van der Waals surface area (Å²) in [6.45, 7) is 1.14. The molecule has 0 aliphatic carbocycles. The van der Waals surface area contributed by atoms with Gasteiger partial charge < -0.3 is 15.6 Å². The number of hydrogen-bond donors (Lipinski definition) is 2. The monoisotopic (exact) mass is 227 g/mol. The van der Waals surface area contributed by atoms with E-state index in [9.17, 15) is 5.11 Å². The molecule has 1 aromatic carbocycles. The molecule has 1 aliphatic rings. The van der Waals surface area contributed by atoms with Gasteiger partial charge >= 0.3 is 0 Å². The lowest BCUT2D eigenvalue weighted by Gasteiger charge is -2.33. The highest BCUT2D eigenvalue weighted by Gasteiger charge is 2.33. The standard InChI is InChI=1S/C11H14ClNO2/c12-8-1-2-9(10(13)7-8)11(14)3-5-15-6-4-11/h1-2,7,14H,3-6,13H2. The third-order valence-electron chi connectivity index (χ3n) is 2.83. The van der Waals surface area contributed by atoms with Crippen LogP contribution in [0.2, 0.25) is 5.02 Å². The Morgan fingerprint density at radius 2 is 2.00 bits per heavy atom. The normalized spacial score (nSPS) is 20.1. The maximum atomic E-state index is 10.4. The molecular formula is C11H14ClNO2. The van der Waals surface area contributed by atoms with Gasteiger partial charge in [-0.05, 0) is 12.1 Å². The fourth-order valence-electron chi connectivity index (χ4n) is 1.94. The maximum Gasteiger partial charge on any atom is 0.0960 e. The maximum absolute atomic E-state index is 10.4. The Labute approximate surface area is 93.8 Å². The van der Waals surface area contributed by atoms with Crippen molar-refractivity contribution in [2.45, 2.75) is 18.4 Å². The van der Waals surface area contributed by atoms with Crippen LogP contribution in [0.1, 0.15) is 18.4 Å². The molecule has 1 aliphatic heterocycles. The Kier molecular flexibility index (Phi) is 2.87. The topological polar surface area (TPSA) is 55.5 Å². The molecule has 1 saturated heterocycles. The van der Waals surface area contributed by atoms with Crippen LogP contribution in [0.15, 0.2) is 18.2 Å². The van der Waals surface area contributed by atoms with Crippen molar-refractivity contribution in [3.05, 3.63) is 28.8 Å². The summed E-state index contributed by atoms with van der Waals surface area (Å²) in [5.74, 6) is 0. The van der Waals surface area contributed by atoms with E-state index in [0.29, 0.717) is 36.8 Å². The Hall–Kier alpha value is -0.770. The predicted molar refractivity (Wildman–Crippen MR) is 59.8 cm³/mol. The lowest BCUT2D eigenvalue weighted by Crippen LogP contribution is -2.34. The minimum Gasteiger partial charge on any atom is -0.398 e. The second-order valence-corrected chi connectivity index (χ2v) is 4.31. The number of rotatable bonds is 1. The van der Waals surface area contributed by atoms with Crippen molar-refractivity contribution in [1.29, 1.82) is 0 Å². The van der Waals surface area contributed by atoms with Crippen LogP contribution >= 0.6 is 11.6 Å². The van der Waals surface area contributed by atoms with Crippen molar-refractivity contribution in [1.82, 2.24) is 0 Å². The van der Waals surface area contributed by atoms with E-state index in [2.05, 4.69) is 0 Å². The number of hydrogen-bond acceptors (Lipinski definition) is 3. The zero-order valence-corrected chi connectivity index (χ0v) is 9.13. The molecule has 4 heteroatoms. The van der Waals surface area contributed by atoms with Crippen LogP contribution in [-0.4, -0.2) is 18.3 Å². The van der Waals surface area contributed by atoms with Crippen molar-refractivity contribution >= 4 is 17.3 Å². The van der Waals surface area contributed by atoms with E-state index < -0.39 is 5.60 Å². The minimum atomic E-state index is -0.854. The van der Waals surface area contributed by atoms with Crippen molar-refractivity contribution in [2.24, 2.45) is 0 Å². The highest BCUT2D eigenvalue weighted by molar-refractivity contribution is 6.30. The lowest BCUT2D eigenvalue weighted by molar-refractivity contribution is -0.0674. The van der Waals surface area contributed by atoms with Crippen LogP contribution in [0.3, 0.4) is 0 Å². The molecule has 0 atom stereocenters. The molecule has 15 heavy (non-hydrogen) atoms. The van der Waals surface area contributed by atoms with Crippen molar-refractivity contribution in [3.63, 3.8) is 0 Å². The van der Waals surface area contributed by atoms with Gasteiger partial charge in [-0.15, -0.1) is 0 Å². The van der Waals surface area contributed by atoms with Gasteiger partial charge in [-0.2, -0.15) is 0 Å². The predicted octanol–water partition coefficient (Wildman–Crippen LogP) is 1.92. The van der Waals surface area contributed by atoms with Crippen LogP contribution in [-0.2, 0) is 10.3 Å². The fraction of sp³-hybridized carbons (Fsp3) is 0.455. The van der Waals surface area contributed by atoms with Gasteiger partial charge in [0.2, 0.25) is 0 Å². The molecule has 0 radical (unpaired) electrons. The van der Waals surface area contributed by atoms with Gasteiger partial charge in [0.05, 0.1) is 5.60 Å². The highest BCUT2D eigenvalue weighted by atomic mass is 35.5. The molecule has 0 saturated carbocycles. The molecule has 3 nitrogen and oxygen atoms in total. The molecule has 1 fully saturated rings. The summed E-state index contributed by atoms with van der Waals surface area (Å²) in [5.41, 5.74) is 6.31. The zero-order valence-electron chi connectivity index (χ0n) is 8.37. The SMILES string of the molecule is Nc1cc(Cl)ccc1C1(O)CCOCC1. The molecule has 0 spiro atoms. The smallest absolute Gasteiger partial charge is 0.0960 e. The van der Waals surface area contributed by atoms with Crippen LogP contribution in [0, 0.1) is 0 Å². The van der Waals surface area contributed by atoms with Gasteiger partial charge in [-0.3, -0.25) is 0 Å². The third-order valence-corrected chi connectivity index (χ3v) is 3.07. The number of anilines is 1. The quantitative estimate of drug-likeness (QED) is 0.721. The summed E-state index contributed by atoms with van der Waals surface area (Å²) in [6.07, 6.45) is 1.16. The van der Waals surface area contributed by atoms with Crippen LogP contribution in [0.4, 0.5) is 5.69 Å². The van der Waals surface area contributed by atoms with E-state index in [-0.39, 0.29) is 0 Å². The number of benzene rings is 1. The number of nitrogen functional groups attached to an aromatic ring is 1. The summed E-state index contributed by atoms with van der Waals surface area (Å²) in [6, 6.07) is 5.22. The van der Waals surface area contributed by atoms with E-state index >= 15 is 0 Å². The average Bonchev–Trinajstić information content (AvgIpc) is 2.18. The van der Waals surface area contributed by atoms with Crippen molar-refractivity contribution in [3.8, 4) is 0 Å². The van der Waals surface area contributed by atoms with Crippen LogP contribution in [0.25, 0.3) is 0 Å². The Balaban J connectivity index is 2.35. The van der Waals surface area contributed by atoms with Gasteiger partial charge in [0, 0.05) is 42.3 Å². The largest absolute Gasteiger partial charge is 0.398 e. The summed E-state index contributed by atoms with van der Waals surface area (Å²) >= 11 is 5.81. The summed E-state index contributed by atoms with van der Waals surface area (Å²) in [4.78, 5) is 0. The molecular weight excluding hydrogens is 214 g/mol. The van der Waals surface area contributed by atoms with Gasteiger partial charge in [0.1, 0.15) is 0 Å². The number of ether oxygens (including phenoxy) is 1. The van der Waals surface area contributed by atoms with E-state index in [1.807, 2.05) is 0 Å². The first-order valence-electron chi connectivity index (χ1n) is 4.97. The van der Waals surface area contributed by atoms with Crippen molar-refractivity contribution in [2.75, 3.05) is 18.9 Å². The fourth-order valence-corrected chi connectivity index (χ4v) is 2.12. The number of aliphatic hydroxyl groups is 1. The lowest BCUT2D eigenvalue weighted by atomic mass is 9.85. The molecule has 0 aromatic heterocycles. The third kappa shape index (κ3) is 2.09. The average molecular weight is 228 g/mol. The van der Waals surface area contributed by atoms with Crippen molar-refractivity contribution < 1.29 is 9.84 Å². The second-order valence-electron chi connectivity index (χ2n) is 3.88. The first-order valence-corrected chi connectivity index (χ1v) is 5.35. The Morgan fingerprint density at radius 1 is 1.33 bits per heavy atom. The first kappa shape index (κ1) is 10.7. The molecule has 0 unspecified atom stereocenters.